The Balaban J connectivity index is 0.887. The molecule has 0 aliphatic carbocycles. The van der Waals surface area contributed by atoms with Crippen LogP contribution in [-0.4, -0.2) is 15.0 Å². The SMILES string of the molecule is c1ccc(-c2ccc(-c3ccc4oc5cccc(-c6cccc7c(-c8ccc(-c9nc(-c%10ccccc%10)nc(-c%10cccc%11oc%12ccccc%12c%10%11)n9)cc8)cccc67)c5c4c3)cc2)cc1. The Bertz CT molecular complexity index is 3970. The highest BCUT2D eigenvalue weighted by atomic mass is 16.3. The van der Waals surface area contributed by atoms with Crippen LogP contribution in [0.1, 0.15) is 0 Å². The van der Waals surface area contributed by atoms with Gasteiger partial charge in [0.1, 0.15) is 22.3 Å². The second-order valence-electron chi connectivity index (χ2n) is 16.7. The van der Waals surface area contributed by atoms with Gasteiger partial charge in [-0.25, -0.2) is 15.0 Å². The van der Waals surface area contributed by atoms with E-state index in [2.05, 4.69) is 164 Å². The summed E-state index contributed by atoms with van der Waals surface area (Å²) >= 11 is 0. The number of fused-ring (bicyclic) bond motifs is 7. The van der Waals surface area contributed by atoms with E-state index >= 15 is 0 Å². The molecule has 0 N–H and O–H groups in total. The summed E-state index contributed by atoms with van der Waals surface area (Å²) in [5.74, 6) is 1.80. The lowest BCUT2D eigenvalue weighted by Crippen LogP contribution is -2.00. The van der Waals surface area contributed by atoms with E-state index in [4.69, 9.17) is 23.8 Å². The minimum absolute atomic E-state index is 0.593. The second kappa shape index (κ2) is 15.4. The maximum atomic E-state index is 6.51. The van der Waals surface area contributed by atoms with E-state index in [-0.39, 0.29) is 0 Å². The van der Waals surface area contributed by atoms with Crippen LogP contribution in [0.25, 0.3) is 133 Å². The molecule has 3 aromatic heterocycles. The molecule has 3 heterocycles. The molecule has 0 saturated carbocycles. The van der Waals surface area contributed by atoms with Gasteiger partial charge in [-0.3, -0.25) is 0 Å². The molecule has 0 unspecified atom stereocenters. The molecule has 0 aliphatic rings. The predicted octanol–water partition coefficient (Wildman–Crippen LogP) is 16.5. The number of para-hydroxylation sites is 1. The first-order valence-electron chi connectivity index (χ1n) is 22.2. The first kappa shape index (κ1) is 37.6. The third-order valence-electron chi connectivity index (χ3n) is 12.8. The lowest BCUT2D eigenvalue weighted by molar-refractivity contribution is 0.668. The van der Waals surface area contributed by atoms with Gasteiger partial charge in [0, 0.05) is 38.2 Å². The predicted molar refractivity (Wildman–Crippen MR) is 270 cm³/mol. The van der Waals surface area contributed by atoms with E-state index in [1.165, 1.54) is 21.9 Å². The molecule has 0 amide bonds. The lowest BCUT2D eigenvalue weighted by Gasteiger charge is -2.13. The fraction of sp³-hybridized carbons (Fsp3) is 0. The number of hydrogen-bond donors (Lipinski definition) is 0. The zero-order valence-electron chi connectivity index (χ0n) is 35.5. The highest BCUT2D eigenvalue weighted by Crippen LogP contribution is 2.43. The van der Waals surface area contributed by atoms with Gasteiger partial charge >= 0.3 is 0 Å². The van der Waals surface area contributed by atoms with E-state index in [1.807, 2.05) is 60.7 Å². The molecule has 5 nitrogen and oxygen atoms in total. The first-order valence-corrected chi connectivity index (χ1v) is 22.2. The maximum Gasteiger partial charge on any atom is 0.164 e. The molecule has 0 atom stereocenters. The number of aromatic nitrogens is 3. The van der Waals surface area contributed by atoms with Crippen molar-refractivity contribution in [1.29, 1.82) is 0 Å². The normalized spacial score (nSPS) is 11.6. The second-order valence-corrected chi connectivity index (χ2v) is 16.7. The van der Waals surface area contributed by atoms with E-state index in [0.717, 1.165) is 93.9 Å². The van der Waals surface area contributed by atoms with Crippen molar-refractivity contribution in [3.05, 3.63) is 224 Å². The Labute approximate surface area is 379 Å². The van der Waals surface area contributed by atoms with Crippen molar-refractivity contribution < 1.29 is 8.83 Å². The smallest absolute Gasteiger partial charge is 0.164 e. The van der Waals surface area contributed by atoms with Gasteiger partial charge < -0.3 is 8.83 Å². The maximum absolute atomic E-state index is 6.51. The molecular weight excluding hydrogens is 807 g/mol. The number of hydrogen-bond acceptors (Lipinski definition) is 5. The van der Waals surface area contributed by atoms with Crippen LogP contribution in [0, 0.1) is 0 Å². The Morgan fingerprint density at radius 1 is 0.227 bits per heavy atom. The van der Waals surface area contributed by atoms with Crippen molar-refractivity contribution in [2.24, 2.45) is 0 Å². The van der Waals surface area contributed by atoms with Gasteiger partial charge in [-0.1, -0.05) is 194 Å². The zero-order valence-corrected chi connectivity index (χ0v) is 35.5. The first-order chi connectivity index (χ1) is 32.7. The minimum atomic E-state index is 0.593. The van der Waals surface area contributed by atoms with Crippen LogP contribution in [0.15, 0.2) is 233 Å². The van der Waals surface area contributed by atoms with Crippen LogP contribution >= 0.6 is 0 Å². The molecular formula is C61H37N3O2. The summed E-state index contributed by atoms with van der Waals surface area (Å²) in [6.07, 6.45) is 0. The number of nitrogens with zero attached hydrogens (tertiary/aromatic N) is 3. The molecule has 0 aliphatic heterocycles. The number of furan rings is 2. The Morgan fingerprint density at radius 2 is 0.652 bits per heavy atom. The zero-order chi connectivity index (χ0) is 43.6. The summed E-state index contributed by atoms with van der Waals surface area (Å²) in [5, 5.41) is 6.56. The Morgan fingerprint density at radius 3 is 1.36 bits per heavy atom. The fourth-order valence-electron chi connectivity index (χ4n) is 9.61. The van der Waals surface area contributed by atoms with Crippen LogP contribution in [-0.2, 0) is 0 Å². The van der Waals surface area contributed by atoms with Gasteiger partial charge in [-0.05, 0) is 85.6 Å². The van der Waals surface area contributed by atoms with Crippen molar-refractivity contribution in [3.8, 4) is 78.7 Å². The summed E-state index contributed by atoms with van der Waals surface area (Å²) in [6, 6.07) is 78.3. The average Bonchev–Trinajstić information content (AvgIpc) is 3.97. The topological polar surface area (TPSA) is 65.0 Å². The van der Waals surface area contributed by atoms with Gasteiger partial charge in [0.2, 0.25) is 0 Å². The molecule has 10 aromatic carbocycles. The van der Waals surface area contributed by atoms with Crippen molar-refractivity contribution in [2.45, 2.75) is 0 Å². The molecule has 66 heavy (non-hydrogen) atoms. The summed E-state index contributed by atoms with van der Waals surface area (Å²) in [4.78, 5) is 15.3. The third kappa shape index (κ3) is 6.36. The lowest BCUT2D eigenvalue weighted by atomic mass is 9.90. The van der Waals surface area contributed by atoms with E-state index < -0.39 is 0 Å². The minimum Gasteiger partial charge on any atom is -0.456 e. The highest BCUT2D eigenvalue weighted by Gasteiger charge is 2.19. The number of rotatable bonds is 7. The molecule has 5 heteroatoms. The summed E-state index contributed by atoms with van der Waals surface area (Å²) < 4.78 is 12.8. The molecule has 0 bridgehead atoms. The van der Waals surface area contributed by atoms with Crippen molar-refractivity contribution >= 4 is 54.6 Å². The largest absolute Gasteiger partial charge is 0.456 e. The standard InChI is InChI=1S/C61H37N3O2/c1-3-13-38(14-4-1)39-27-29-40(30-28-39)44-35-36-54-52(37-44)57-49(22-11-25-55(57)66-54)48-21-10-19-46-45(18-9-20-47(46)48)41-31-33-43(34-32-41)60-62-59(42-15-5-2-6-16-42)63-61(64-60)51-23-12-26-56-58(51)50-17-7-8-24-53(50)65-56/h1-37H. The molecule has 0 spiro atoms. The molecule has 0 fully saturated rings. The van der Waals surface area contributed by atoms with Gasteiger partial charge in [0.05, 0.1) is 0 Å². The van der Waals surface area contributed by atoms with E-state index in [0.29, 0.717) is 17.5 Å². The van der Waals surface area contributed by atoms with Gasteiger partial charge in [0.15, 0.2) is 17.5 Å². The van der Waals surface area contributed by atoms with Crippen LogP contribution in [0.2, 0.25) is 0 Å². The average molecular weight is 844 g/mol. The van der Waals surface area contributed by atoms with Crippen LogP contribution in [0.4, 0.5) is 0 Å². The van der Waals surface area contributed by atoms with Gasteiger partial charge in [-0.2, -0.15) is 0 Å². The fourth-order valence-corrected chi connectivity index (χ4v) is 9.61. The molecule has 308 valence electrons. The third-order valence-corrected chi connectivity index (χ3v) is 12.8. The molecule has 0 radical (unpaired) electrons. The highest BCUT2D eigenvalue weighted by molar-refractivity contribution is 6.17. The summed E-state index contributed by atoms with van der Waals surface area (Å²) in [6.45, 7) is 0. The molecule has 0 saturated heterocycles. The molecule has 13 aromatic rings. The quantitative estimate of drug-likeness (QED) is 0.160. The Hall–Kier alpha value is -8.93. The van der Waals surface area contributed by atoms with E-state index in [1.54, 1.807) is 0 Å². The van der Waals surface area contributed by atoms with Crippen LogP contribution < -0.4 is 0 Å². The van der Waals surface area contributed by atoms with Crippen molar-refractivity contribution in [3.63, 3.8) is 0 Å². The summed E-state index contributed by atoms with van der Waals surface area (Å²) in [5.41, 5.74) is 15.3. The number of benzene rings is 10. The van der Waals surface area contributed by atoms with Gasteiger partial charge in [0.25, 0.3) is 0 Å². The van der Waals surface area contributed by atoms with Crippen molar-refractivity contribution in [1.82, 2.24) is 15.0 Å². The monoisotopic (exact) mass is 843 g/mol. The van der Waals surface area contributed by atoms with Crippen molar-refractivity contribution in [2.75, 3.05) is 0 Å². The van der Waals surface area contributed by atoms with E-state index in [9.17, 15) is 0 Å². The molecule has 13 rings (SSSR count). The van der Waals surface area contributed by atoms with Crippen LogP contribution in [0.5, 0.6) is 0 Å². The summed E-state index contributed by atoms with van der Waals surface area (Å²) in [7, 11) is 0. The van der Waals surface area contributed by atoms with Gasteiger partial charge in [-0.15, -0.1) is 0 Å². The Kier molecular flexibility index (Phi) is 8.78. The van der Waals surface area contributed by atoms with Crippen LogP contribution in [0.3, 0.4) is 0 Å².